The Morgan fingerprint density at radius 3 is 1.57 bits per heavy atom. The molecule has 0 radical (unpaired) electrons. The number of benzene rings is 8. The van der Waals surface area contributed by atoms with Crippen molar-refractivity contribution in [2.45, 2.75) is 0 Å². The third-order valence-electron chi connectivity index (χ3n) is 10.8. The van der Waals surface area contributed by atoms with Crippen molar-refractivity contribution in [3.63, 3.8) is 0 Å². The van der Waals surface area contributed by atoms with Crippen LogP contribution in [0.1, 0.15) is 0 Å². The highest BCUT2D eigenvalue weighted by Crippen LogP contribution is 2.43. The maximum absolute atomic E-state index is 6.69. The Balaban J connectivity index is 1.04. The van der Waals surface area contributed by atoms with Crippen molar-refractivity contribution >= 4 is 43.9 Å². The van der Waals surface area contributed by atoms with Crippen LogP contribution in [0.3, 0.4) is 0 Å². The summed E-state index contributed by atoms with van der Waals surface area (Å²) in [7, 11) is 0. The average Bonchev–Trinajstić information content (AvgIpc) is 3.85. The van der Waals surface area contributed by atoms with Crippen molar-refractivity contribution in [3.8, 4) is 67.3 Å². The largest absolute Gasteiger partial charge is 0.456 e. The number of hydrogen-bond acceptors (Lipinski definition) is 4. The molecule has 3 heterocycles. The highest BCUT2D eigenvalue weighted by atomic mass is 16.3. The number of fused-ring (bicyclic) bond motifs is 6. The van der Waals surface area contributed by atoms with Crippen LogP contribution in [0.5, 0.6) is 0 Å². The molecule has 0 aliphatic rings. The average molecular weight is 717 g/mol. The van der Waals surface area contributed by atoms with Crippen molar-refractivity contribution in [3.05, 3.63) is 194 Å². The minimum Gasteiger partial charge on any atom is -0.456 e. The van der Waals surface area contributed by atoms with E-state index in [0.717, 1.165) is 105 Å². The molecule has 11 rings (SSSR count). The molecule has 262 valence electrons. The zero-order valence-electron chi connectivity index (χ0n) is 30.2. The third kappa shape index (κ3) is 5.39. The van der Waals surface area contributed by atoms with Gasteiger partial charge in [-0.1, -0.05) is 158 Å². The minimum atomic E-state index is 0.689. The molecule has 0 spiro atoms. The van der Waals surface area contributed by atoms with E-state index in [1.165, 1.54) is 0 Å². The van der Waals surface area contributed by atoms with Crippen molar-refractivity contribution in [1.29, 1.82) is 0 Å². The number of nitrogens with zero attached hydrogens (tertiary/aromatic N) is 2. The molecule has 3 aromatic heterocycles. The van der Waals surface area contributed by atoms with Crippen LogP contribution in [-0.2, 0) is 0 Å². The van der Waals surface area contributed by atoms with Gasteiger partial charge in [0, 0.05) is 43.8 Å². The number of para-hydroxylation sites is 2. The highest BCUT2D eigenvalue weighted by Gasteiger charge is 2.19. The van der Waals surface area contributed by atoms with E-state index in [2.05, 4.69) is 146 Å². The fourth-order valence-corrected chi connectivity index (χ4v) is 8.03. The highest BCUT2D eigenvalue weighted by molar-refractivity contribution is 6.17. The fourth-order valence-electron chi connectivity index (χ4n) is 8.03. The van der Waals surface area contributed by atoms with E-state index in [1.54, 1.807) is 0 Å². The van der Waals surface area contributed by atoms with E-state index in [0.29, 0.717) is 5.82 Å². The maximum Gasteiger partial charge on any atom is 0.161 e. The lowest BCUT2D eigenvalue weighted by molar-refractivity contribution is 0.668. The summed E-state index contributed by atoms with van der Waals surface area (Å²) in [6, 6.07) is 67.2. The molecule has 0 amide bonds. The predicted octanol–water partition coefficient (Wildman–Crippen LogP) is 14.3. The first-order valence-electron chi connectivity index (χ1n) is 18.8. The monoisotopic (exact) mass is 716 g/mol. The molecule has 0 atom stereocenters. The standard InChI is InChI=1S/C52H32N2O2/c1-3-13-33(14-4-1)38-17-7-8-19-42(38)52-53-45(35-15-5-2-6-16-35)32-46(54-52)36-25-23-34(24-26-36)39-28-29-40(51-50(39)43-20-10-12-22-48(43)56-51)37-27-30-49-44(31-37)41-18-9-11-21-47(41)55-49/h1-32H. The Kier molecular flexibility index (Phi) is 7.46. The van der Waals surface area contributed by atoms with Gasteiger partial charge in [-0.25, -0.2) is 9.97 Å². The molecule has 8 aromatic carbocycles. The lowest BCUT2D eigenvalue weighted by atomic mass is 9.93. The van der Waals surface area contributed by atoms with E-state index >= 15 is 0 Å². The number of furan rings is 2. The van der Waals surface area contributed by atoms with Crippen LogP contribution in [0.4, 0.5) is 0 Å². The zero-order chi connectivity index (χ0) is 37.0. The van der Waals surface area contributed by atoms with Gasteiger partial charge in [0.25, 0.3) is 0 Å². The molecular formula is C52H32N2O2. The molecule has 0 bridgehead atoms. The Morgan fingerprint density at radius 2 is 0.821 bits per heavy atom. The Bertz CT molecular complexity index is 3230. The summed E-state index contributed by atoms with van der Waals surface area (Å²) in [6.07, 6.45) is 0. The Morgan fingerprint density at radius 1 is 0.304 bits per heavy atom. The van der Waals surface area contributed by atoms with Gasteiger partial charge in [0.2, 0.25) is 0 Å². The van der Waals surface area contributed by atoms with Crippen molar-refractivity contribution in [2.24, 2.45) is 0 Å². The third-order valence-corrected chi connectivity index (χ3v) is 10.8. The van der Waals surface area contributed by atoms with Gasteiger partial charge >= 0.3 is 0 Å². The minimum absolute atomic E-state index is 0.689. The molecule has 0 saturated carbocycles. The van der Waals surface area contributed by atoms with E-state index < -0.39 is 0 Å². The van der Waals surface area contributed by atoms with E-state index in [4.69, 9.17) is 18.8 Å². The molecule has 11 aromatic rings. The Labute approximate surface area is 323 Å². The van der Waals surface area contributed by atoms with Gasteiger partial charge < -0.3 is 8.83 Å². The SMILES string of the molecule is c1ccc(-c2cc(-c3ccc(-c4ccc(-c5ccc6oc7ccccc7c6c5)c5oc6ccccc6c45)cc3)nc(-c3ccccc3-c3ccccc3)n2)cc1. The fraction of sp³-hybridized carbons (Fsp3) is 0. The van der Waals surface area contributed by atoms with Gasteiger partial charge in [-0.15, -0.1) is 0 Å². The van der Waals surface area contributed by atoms with Crippen LogP contribution >= 0.6 is 0 Å². The molecule has 4 heteroatoms. The summed E-state index contributed by atoms with van der Waals surface area (Å²) < 4.78 is 12.8. The molecule has 0 aliphatic heterocycles. The molecule has 4 nitrogen and oxygen atoms in total. The molecule has 0 N–H and O–H groups in total. The van der Waals surface area contributed by atoms with Gasteiger partial charge in [-0.3, -0.25) is 0 Å². The first kappa shape index (κ1) is 31.9. The normalized spacial score (nSPS) is 11.6. The van der Waals surface area contributed by atoms with E-state index in [9.17, 15) is 0 Å². The molecular weight excluding hydrogens is 685 g/mol. The predicted molar refractivity (Wildman–Crippen MR) is 229 cm³/mol. The summed E-state index contributed by atoms with van der Waals surface area (Å²) in [5.74, 6) is 0.689. The first-order chi connectivity index (χ1) is 27.7. The molecule has 0 unspecified atom stereocenters. The topological polar surface area (TPSA) is 52.1 Å². The first-order valence-corrected chi connectivity index (χ1v) is 18.8. The molecule has 56 heavy (non-hydrogen) atoms. The summed E-state index contributed by atoms with van der Waals surface area (Å²) in [4.78, 5) is 10.4. The van der Waals surface area contributed by atoms with Crippen LogP contribution in [0.15, 0.2) is 203 Å². The molecule has 0 aliphatic carbocycles. The Hall–Kier alpha value is -7.56. The van der Waals surface area contributed by atoms with E-state index in [1.807, 2.05) is 48.5 Å². The number of rotatable bonds is 6. The lowest BCUT2D eigenvalue weighted by Crippen LogP contribution is -1.97. The summed E-state index contributed by atoms with van der Waals surface area (Å²) in [6.45, 7) is 0. The van der Waals surface area contributed by atoms with E-state index in [-0.39, 0.29) is 0 Å². The number of hydrogen-bond donors (Lipinski definition) is 0. The second-order valence-corrected chi connectivity index (χ2v) is 14.1. The molecule has 0 saturated heterocycles. The van der Waals surface area contributed by atoms with Crippen molar-refractivity contribution in [1.82, 2.24) is 9.97 Å². The van der Waals surface area contributed by atoms with Crippen LogP contribution in [0, 0.1) is 0 Å². The van der Waals surface area contributed by atoms with Gasteiger partial charge in [-0.2, -0.15) is 0 Å². The van der Waals surface area contributed by atoms with Gasteiger partial charge in [0.05, 0.1) is 11.4 Å². The van der Waals surface area contributed by atoms with Crippen molar-refractivity contribution in [2.75, 3.05) is 0 Å². The quantitative estimate of drug-likeness (QED) is 0.172. The summed E-state index contributed by atoms with van der Waals surface area (Å²) in [5, 5.41) is 4.38. The van der Waals surface area contributed by atoms with Crippen molar-refractivity contribution < 1.29 is 8.83 Å². The maximum atomic E-state index is 6.69. The second kappa shape index (κ2) is 13.1. The van der Waals surface area contributed by atoms with Crippen LogP contribution in [-0.4, -0.2) is 9.97 Å². The van der Waals surface area contributed by atoms with Gasteiger partial charge in [0.15, 0.2) is 5.82 Å². The smallest absolute Gasteiger partial charge is 0.161 e. The summed E-state index contributed by atoms with van der Waals surface area (Å²) in [5.41, 5.74) is 14.8. The van der Waals surface area contributed by atoms with Crippen LogP contribution < -0.4 is 0 Å². The molecule has 0 fully saturated rings. The second-order valence-electron chi connectivity index (χ2n) is 14.1. The van der Waals surface area contributed by atoms with Gasteiger partial charge in [0.1, 0.15) is 22.3 Å². The number of aromatic nitrogens is 2. The van der Waals surface area contributed by atoms with Crippen LogP contribution in [0.2, 0.25) is 0 Å². The van der Waals surface area contributed by atoms with Gasteiger partial charge in [-0.05, 0) is 64.2 Å². The lowest BCUT2D eigenvalue weighted by Gasteiger charge is -2.13. The van der Waals surface area contributed by atoms with Crippen LogP contribution in [0.25, 0.3) is 111 Å². The summed E-state index contributed by atoms with van der Waals surface area (Å²) >= 11 is 0. The zero-order valence-corrected chi connectivity index (χ0v) is 30.2.